The van der Waals surface area contributed by atoms with Crippen molar-refractivity contribution in [2.75, 3.05) is 24.2 Å². The number of benzene rings is 3. The lowest BCUT2D eigenvalue weighted by molar-refractivity contribution is -0.144. The van der Waals surface area contributed by atoms with Crippen molar-refractivity contribution in [2.24, 2.45) is 0 Å². The highest BCUT2D eigenvalue weighted by Crippen LogP contribution is 2.37. The molecule has 3 aromatic rings. The van der Waals surface area contributed by atoms with Gasteiger partial charge in [0.05, 0.1) is 24.4 Å². The summed E-state index contributed by atoms with van der Waals surface area (Å²) in [4.78, 5) is 27.2. The fourth-order valence-corrected chi connectivity index (χ4v) is 4.33. The Morgan fingerprint density at radius 3 is 2.50 bits per heavy atom. The average Bonchev–Trinajstić information content (AvgIpc) is 2.83. The van der Waals surface area contributed by atoms with E-state index in [1.165, 1.54) is 0 Å². The van der Waals surface area contributed by atoms with Crippen molar-refractivity contribution in [2.45, 2.75) is 25.9 Å². The second-order valence-electron chi connectivity index (χ2n) is 8.36. The van der Waals surface area contributed by atoms with Crippen molar-refractivity contribution in [3.63, 3.8) is 0 Å². The van der Waals surface area contributed by atoms with Crippen LogP contribution < -0.4 is 11.1 Å². The Balaban J connectivity index is 1.51. The first kappa shape index (κ1) is 23.3. The van der Waals surface area contributed by atoms with Crippen LogP contribution in [0.3, 0.4) is 0 Å². The van der Waals surface area contributed by atoms with Crippen molar-refractivity contribution in [1.29, 1.82) is 0 Å². The van der Waals surface area contributed by atoms with Gasteiger partial charge in [0.1, 0.15) is 0 Å². The number of carbonyl (C=O) groups excluding carboxylic acids is 2. The molecule has 6 heteroatoms. The van der Waals surface area contributed by atoms with Gasteiger partial charge in [-0.1, -0.05) is 55.1 Å². The lowest BCUT2D eigenvalue weighted by Crippen LogP contribution is -2.35. The van der Waals surface area contributed by atoms with Crippen LogP contribution in [0.2, 0.25) is 0 Å². The molecule has 6 nitrogen and oxygen atoms in total. The molecule has 0 bridgehead atoms. The summed E-state index contributed by atoms with van der Waals surface area (Å²) in [6, 6.07) is 22.6. The van der Waals surface area contributed by atoms with Gasteiger partial charge in [0, 0.05) is 24.7 Å². The van der Waals surface area contributed by atoms with Crippen LogP contribution in [0, 0.1) is 0 Å². The highest BCUT2D eigenvalue weighted by Gasteiger charge is 2.31. The van der Waals surface area contributed by atoms with E-state index in [1.807, 2.05) is 43.3 Å². The topological polar surface area (TPSA) is 84.7 Å². The molecule has 0 radical (unpaired) electrons. The number of hydrogen-bond acceptors (Lipinski definition) is 5. The fraction of sp³-hybridized carbons (Fsp3) is 0.214. The molecule has 0 spiro atoms. The number of carbonyl (C=O) groups is 2. The normalized spacial score (nSPS) is 15.4. The van der Waals surface area contributed by atoms with Gasteiger partial charge in [-0.15, -0.1) is 0 Å². The minimum atomic E-state index is -0.218. The first-order chi connectivity index (χ1) is 16.5. The smallest absolute Gasteiger partial charge is 0.307 e. The number of esters is 1. The number of hydrogen-bond donors (Lipinski definition) is 2. The number of anilines is 2. The van der Waals surface area contributed by atoms with Crippen molar-refractivity contribution in [1.82, 2.24) is 4.90 Å². The Kier molecular flexibility index (Phi) is 7.09. The minimum absolute atomic E-state index is 0.107. The van der Waals surface area contributed by atoms with Crippen molar-refractivity contribution in [3.05, 3.63) is 102 Å². The maximum Gasteiger partial charge on any atom is 0.307 e. The van der Waals surface area contributed by atoms with E-state index < -0.39 is 0 Å². The summed E-state index contributed by atoms with van der Waals surface area (Å²) in [5, 5.41) is 2.85. The summed E-state index contributed by atoms with van der Waals surface area (Å²) in [6.45, 7) is 7.70. The molecular weight excluding hydrogens is 426 g/mol. The standard InChI is InChI=1S/C28H29N3O3/c1-3-34-27(32)16-26-23-9-5-4-8-22(23)19(2)17-31(26)18-20-12-14-21(15-13-20)28(33)30-25-11-7-6-10-24(25)29/h4-15,26H,2-3,16-18,29H2,1H3,(H,30,33). The molecule has 1 aliphatic rings. The molecule has 1 amide bonds. The second kappa shape index (κ2) is 10.4. The Labute approximate surface area is 200 Å². The molecule has 1 heterocycles. The van der Waals surface area contributed by atoms with Crippen LogP contribution in [-0.2, 0) is 16.1 Å². The maximum atomic E-state index is 12.6. The van der Waals surface area contributed by atoms with Gasteiger partial charge in [-0.2, -0.15) is 0 Å². The molecule has 0 saturated heterocycles. The molecule has 1 aliphatic heterocycles. The summed E-state index contributed by atoms with van der Waals surface area (Å²) in [7, 11) is 0. The molecule has 0 saturated carbocycles. The van der Waals surface area contributed by atoms with Crippen LogP contribution in [0.25, 0.3) is 5.57 Å². The van der Waals surface area contributed by atoms with E-state index in [-0.39, 0.29) is 24.3 Å². The minimum Gasteiger partial charge on any atom is -0.466 e. The predicted octanol–water partition coefficient (Wildman–Crippen LogP) is 5.04. The maximum absolute atomic E-state index is 12.6. The summed E-state index contributed by atoms with van der Waals surface area (Å²) >= 11 is 0. The highest BCUT2D eigenvalue weighted by molar-refractivity contribution is 6.05. The van der Waals surface area contributed by atoms with Gasteiger partial charge in [-0.05, 0) is 53.5 Å². The zero-order chi connectivity index (χ0) is 24.1. The molecule has 3 aromatic carbocycles. The lowest BCUT2D eigenvalue weighted by Gasteiger charge is -2.38. The Hall–Kier alpha value is -3.90. The van der Waals surface area contributed by atoms with E-state index in [0.717, 1.165) is 22.3 Å². The quantitative estimate of drug-likeness (QED) is 0.385. The monoisotopic (exact) mass is 455 g/mol. The number of nitrogens with one attached hydrogen (secondary N) is 1. The van der Waals surface area contributed by atoms with E-state index in [0.29, 0.717) is 36.6 Å². The van der Waals surface area contributed by atoms with E-state index in [4.69, 9.17) is 10.5 Å². The zero-order valence-corrected chi connectivity index (χ0v) is 19.3. The fourth-order valence-electron chi connectivity index (χ4n) is 4.33. The summed E-state index contributed by atoms with van der Waals surface area (Å²) in [5.41, 5.74) is 11.8. The average molecular weight is 456 g/mol. The third-order valence-corrected chi connectivity index (χ3v) is 6.01. The van der Waals surface area contributed by atoms with Crippen LogP contribution in [-0.4, -0.2) is 29.9 Å². The number of amides is 1. The van der Waals surface area contributed by atoms with Crippen LogP contribution in [0.1, 0.15) is 46.4 Å². The van der Waals surface area contributed by atoms with E-state index in [1.54, 1.807) is 24.3 Å². The number of nitrogens with two attached hydrogens (primary N) is 1. The number of nitrogen functional groups attached to an aromatic ring is 1. The Morgan fingerprint density at radius 2 is 1.76 bits per heavy atom. The van der Waals surface area contributed by atoms with Gasteiger partial charge < -0.3 is 15.8 Å². The molecule has 4 rings (SSSR count). The Bertz CT molecular complexity index is 1200. The van der Waals surface area contributed by atoms with E-state index in [9.17, 15) is 9.59 Å². The number of rotatable bonds is 7. The van der Waals surface area contributed by atoms with E-state index >= 15 is 0 Å². The van der Waals surface area contributed by atoms with Gasteiger partial charge in [-0.3, -0.25) is 14.5 Å². The van der Waals surface area contributed by atoms with Crippen LogP contribution in [0.4, 0.5) is 11.4 Å². The second-order valence-corrected chi connectivity index (χ2v) is 8.36. The molecule has 1 unspecified atom stereocenters. The van der Waals surface area contributed by atoms with Gasteiger partial charge in [0.15, 0.2) is 0 Å². The SMILES string of the molecule is C=C1CN(Cc2ccc(C(=O)Nc3ccccc3N)cc2)C(CC(=O)OCC)c2ccccc21. The molecule has 174 valence electrons. The van der Waals surface area contributed by atoms with Crippen molar-refractivity contribution < 1.29 is 14.3 Å². The first-order valence-electron chi connectivity index (χ1n) is 11.4. The summed E-state index contributed by atoms with van der Waals surface area (Å²) in [6.07, 6.45) is 0.275. The lowest BCUT2D eigenvalue weighted by atomic mass is 9.88. The van der Waals surface area contributed by atoms with Crippen molar-refractivity contribution in [3.8, 4) is 0 Å². The number of ether oxygens (including phenoxy) is 1. The number of para-hydroxylation sites is 2. The van der Waals surface area contributed by atoms with E-state index in [2.05, 4.69) is 28.9 Å². The van der Waals surface area contributed by atoms with Crippen LogP contribution in [0.5, 0.6) is 0 Å². The predicted molar refractivity (Wildman–Crippen MR) is 135 cm³/mol. The summed E-state index contributed by atoms with van der Waals surface area (Å²) in [5.74, 6) is -0.433. The van der Waals surface area contributed by atoms with Gasteiger partial charge in [0.2, 0.25) is 0 Å². The third kappa shape index (κ3) is 5.18. The third-order valence-electron chi connectivity index (χ3n) is 6.01. The Morgan fingerprint density at radius 1 is 1.06 bits per heavy atom. The van der Waals surface area contributed by atoms with Gasteiger partial charge in [0.25, 0.3) is 5.91 Å². The number of fused-ring (bicyclic) bond motifs is 1. The molecule has 0 aliphatic carbocycles. The van der Waals surface area contributed by atoms with Crippen LogP contribution >= 0.6 is 0 Å². The zero-order valence-electron chi connectivity index (χ0n) is 19.3. The highest BCUT2D eigenvalue weighted by atomic mass is 16.5. The van der Waals surface area contributed by atoms with Gasteiger partial charge >= 0.3 is 5.97 Å². The molecule has 3 N–H and O–H groups in total. The van der Waals surface area contributed by atoms with Crippen molar-refractivity contribution >= 4 is 28.8 Å². The summed E-state index contributed by atoms with van der Waals surface area (Å²) < 4.78 is 5.24. The molecular formula is C28H29N3O3. The largest absolute Gasteiger partial charge is 0.466 e. The molecule has 34 heavy (non-hydrogen) atoms. The molecule has 1 atom stereocenters. The van der Waals surface area contributed by atoms with Crippen LogP contribution in [0.15, 0.2) is 79.4 Å². The van der Waals surface area contributed by atoms with Gasteiger partial charge in [-0.25, -0.2) is 0 Å². The number of nitrogens with zero attached hydrogens (tertiary/aromatic N) is 1. The molecule has 0 aromatic heterocycles. The molecule has 0 fully saturated rings. The first-order valence-corrected chi connectivity index (χ1v) is 11.4.